The van der Waals surface area contributed by atoms with Crippen molar-refractivity contribution in [2.75, 3.05) is 13.7 Å². The Bertz CT molecular complexity index is 899. The van der Waals surface area contributed by atoms with Crippen molar-refractivity contribution in [1.29, 1.82) is 0 Å². The number of hydrogen-bond acceptors (Lipinski definition) is 5. The number of ether oxygens (including phenoxy) is 3. The van der Waals surface area contributed by atoms with Crippen molar-refractivity contribution in [3.8, 4) is 5.75 Å². The zero-order valence-electron chi connectivity index (χ0n) is 20.6. The molecule has 5 nitrogen and oxygen atoms in total. The summed E-state index contributed by atoms with van der Waals surface area (Å²) in [4.78, 5) is 0.675. The molecule has 3 unspecified atom stereocenters. The smallest absolute Gasteiger partial charge is 0.192 e. The summed E-state index contributed by atoms with van der Waals surface area (Å²) in [5.41, 5.74) is 2.18. The van der Waals surface area contributed by atoms with Gasteiger partial charge >= 0.3 is 0 Å². The number of rotatable bonds is 10. The summed E-state index contributed by atoms with van der Waals surface area (Å²) >= 11 is 5.68. The molecule has 3 atom stereocenters. The van der Waals surface area contributed by atoms with Gasteiger partial charge in [-0.3, -0.25) is 0 Å². The van der Waals surface area contributed by atoms with Gasteiger partial charge in [0.2, 0.25) is 0 Å². The predicted octanol–water partition coefficient (Wildman–Crippen LogP) is 5.49. The number of thiocarbonyl (C=S) groups is 1. The fourth-order valence-electron chi connectivity index (χ4n) is 3.41. The summed E-state index contributed by atoms with van der Waals surface area (Å²) in [6.07, 6.45) is -0.570. The fraction of sp³-hybridized carbons (Fsp3) is 0.500. The predicted molar refractivity (Wildman–Crippen MR) is 139 cm³/mol. The van der Waals surface area contributed by atoms with Gasteiger partial charge in [-0.1, -0.05) is 75.5 Å². The molecule has 1 heterocycles. The maximum atomic E-state index is 6.51. The van der Waals surface area contributed by atoms with Crippen molar-refractivity contribution in [2.24, 2.45) is 0 Å². The van der Waals surface area contributed by atoms with Gasteiger partial charge in [-0.15, -0.1) is 0 Å². The zero-order chi connectivity index (χ0) is 24.1. The fourth-order valence-corrected chi connectivity index (χ4v) is 4.79. The van der Waals surface area contributed by atoms with Crippen LogP contribution in [-0.4, -0.2) is 45.3 Å². The highest BCUT2D eigenvalue weighted by Gasteiger charge is 2.44. The first kappa shape index (κ1) is 25.8. The molecule has 1 fully saturated rings. The van der Waals surface area contributed by atoms with Crippen molar-refractivity contribution >= 4 is 25.5 Å². The Morgan fingerprint density at radius 2 is 1.52 bits per heavy atom. The van der Waals surface area contributed by atoms with E-state index < -0.39 is 8.32 Å². The van der Waals surface area contributed by atoms with E-state index in [0.29, 0.717) is 24.8 Å². The monoisotopic (exact) mass is 487 g/mol. The van der Waals surface area contributed by atoms with Gasteiger partial charge in [0.05, 0.1) is 33.0 Å². The van der Waals surface area contributed by atoms with E-state index >= 15 is 0 Å². The highest BCUT2D eigenvalue weighted by molar-refractivity contribution is 7.80. The van der Waals surface area contributed by atoms with Crippen molar-refractivity contribution in [3.05, 3.63) is 65.7 Å². The van der Waals surface area contributed by atoms with Crippen LogP contribution in [0.3, 0.4) is 0 Å². The molecular formula is C26H37NO4SSi. The third-order valence-corrected chi connectivity index (χ3v) is 11.4. The number of nitrogens with one attached hydrogen (secondary N) is 1. The largest absolute Gasteiger partial charge is 0.497 e. The van der Waals surface area contributed by atoms with E-state index in [4.69, 9.17) is 30.9 Å². The lowest BCUT2D eigenvalue weighted by Crippen LogP contribution is -2.47. The molecular weight excluding hydrogens is 450 g/mol. The second kappa shape index (κ2) is 11.1. The first-order valence-electron chi connectivity index (χ1n) is 11.4. The number of benzene rings is 2. The van der Waals surface area contributed by atoms with Gasteiger partial charge in [-0.25, -0.2) is 0 Å². The van der Waals surface area contributed by atoms with Crippen molar-refractivity contribution < 1.29 is 18.6 Å². The summed E-state index contributed by atoms with van der Waals surface area (Å²) in [5.74, 6) is 0.826. The Hall–Kier alpha value is -1.77. The van der Waals surface area contributed by atoms with Crippen LogP contribution in [0, 0.1) is 0 Å². The Labute approximate surface area is 204 Å². The van der Waals surface area contributed by atoms with Gasteiger partial charge in [0, 0.05) is 0 Å². The molecule has 0 aliphatic carbocycles. The molecule has 7 heteroatoms. The third-order valence-electron chi connectivity index (χ3n) is 6.58. The second-order valence-corrected chi connectivity index (χ2v) is 15.3. The highest BCUT2D eigenvalue weighted by Crippen LogP contribution is 2.37. The Kier molecular flexibility index (Phi) is 8.69. The average molecular weight is 488 g/mol. The molecule has 1 aliphatic rings. The van der Waals surface area contributed by atoms with Crippen LogP contribution in [0.2, 0.25) is 18.1 Å². The van der Waals surface area contributed by atoms with E-state index in [-0.39, 0.29) is 23.3 Å². The molecule has 33 heavy (non-hydrogen) atoms. The topological polar surface area (TPSA) is 49.0 Å². The van der Waals surface area contributed by atoms with E-state index in [9.17, 15) is 0 Å². The molecule has 1 N–H and O–H groups in total. The van der Waals surface area contributed by atoms with E-state index in [2.05, 4.69) is 51.3 Å². The van der Waals surface area contributed by atoms with Gasteiger partial charge in [0.15, 0.2) is 8.32 Å². The van der Waals surface area contributed by atoms with Crippen LogP contribution in [0.5, 0.6) is 5.75 Å². The lowest BCUT2D eigenvalue weighted by atomic mass is 10.1. The molecule has 2 aromatic rings. The maximum Gasteiger partial charge on any atom is 0.192 e. The minimum absolute atomic E-state index is 0.0642. The Balaban J connectivity index is 1.71. The molecule has 3 rings (SSSR count). The van der Waals surface area contributed by atoms with Gasteiger partial charge in [0.1, 0.15) is 22.9 Å². The summed E-state index contributed by atoms with van der Waals surface area (Å²) in [6.45, 7) is 12.7. The Morgan fingerprint density at radius 3 is 2.12 bits per heavy atom. The van der Waals surface area contributed by atoms with E-state index in [1.807, 2.05) is 42.5 Å². The molecule has 1 saturated heterocycles. The standard InChI is InChI=1S/C26H37NO4SSi/c1-26(2,3)33(5,6)31-18-22-23(29-17-20-12-14-21(28-4)15-13-20)24(25(32)27-22)30-16-19-10-8-7-9-11-19/h7-15,22-24H,16-18H2,1-6H3,(H,27,32). The van der Waals surface area contributed by atoms with Crippen LogP contribution < -0.4 is 10.1 Å². The lowest BCUT2D eigenvalue weighted by Gasteiger charge is -2.37. The molecule has 0 spiro atoms. The lowest BCUT2D eigenvalue weighted by molar-refractivity contribution is -0.0610. The van der Waals surface area contributed by atoms with E-state index in [1.165, 1.54) is 0 Å². The normalized spacial score (nSPS) is 21.2. The summed E-state index contributed by atoms with van der Waals surface area (Å²) < 4.78 is 24.5. The highest BCUT2D eigenvalue weighted by atomic mass is 32.1. The number of methoxy groups -OCH3 is 1. The first-order valence-corrected chi connectivity index (χ1v) is 14.8. The van der Waals surface area contributed by atoms with E-state index in [0.717, 1.165) is 16.9 Å². The average Bonchev–Trinajstić information content (AvgIpc) is 3.09. The van der Waals surface area contributed by atoms with Gasteiger partial charge in [-0.05, 0) is 41.4 Å². The quantitative estimate of drug-likeness (QED) is 0.353. The SMILES string of the molecule is COc1ccc(COC2C(CO[Si](C)(C)C(C)(C)C)NC(=S)C2OCc2ccccc2)cc1. The number of hydrogen-bond donors (Lipinski definition) is 1. The molecule has 2 aromatic carbocycles. The van der Waals surface area contributed by atoms with Gasteiger partial charge in [0.25, 0.3) is 0 Å². The molecule has 0 amide bonds. The Morgan fingerprint density at radius 1 is 0.909 bits per heavy atom. The summed E-state index contributed by atoms with van der Waals surface area (Å²) in [7, 11) is -0.243. The van der Waals surface area contributed by atoms with E-state index in [1.54, 1.807) is 7.11 Å². The minimum atomic E-state index is -1.91. The second-order valence-electron chi connectivity index (χ2n) is 10.0. The maximum absolute atomic E-state index is 6.51. The van der Waals surface area contributed by atoms with Crippen molar-refractivity contribution in [3.63, 3.8) is 0 Å². The van der Waals surface area contributed by atoms with Crippen LogP contribution in [-0.2, 0) is 27.1 Å². The molecule has 0 aromatic heterocycles. The molecule has 180 valence electrons. The zero-order valence-corrected chi connectivity index (χ0v) is 22.4. The third kappa shape index (κ3) is 6.87. The van der Waals surface area contributed by atoms with Crippen molar-refractivity contribution in [2.45, 2.75) is 70.4 Å². The van der Waals surface area contributed by atoms with Crippen molar-refractivity contribution in [1.82, 2.24) is 5.32 Å². The van der Waals surface area contributed by atoms with Crippen LogP contribution in [0.1, 0.15) is 31.9 Å². The van der Waals surface area contributed by atoms with Gasteiger partial charge in [-0.2, -0.15) is 0 Å². The summed E-state index contributed by atoms with van der Waals surface area (Å²) in [5, 5.41) is 3.56. The van der Waals surface area contributed by atoms with Crippen LogP contribution in [0.4, 0.5) is 0 Å². The van der Waals surface area contributed by atoms with Crippen LogP contribution >= 0.6 is 12.2 Å². The summed E-state index contributed by atoms with van der Waals surface area (Å²) in [6, 6.07) is 18.0. The molecule has 1 aliphatic heterocycles. The van der Waals surface area contributed by atoms with Crippen LogP contribution in [0.15, 0.2) is 54.6 Å². The minimum Gasteiger partial charge on any atom is -0.497 e. The molecule has 0 bridgehead atoms. The molecule has 0 radical (unpaired) electrons. The van der Waals surface area contributed by atoms with Gasteiger partial charge < -0.3 is 24.0 Å². The van der Waals surface area contributed by atoms with Crippen LogP contribution in [0.25, 0.3) is 0 Å². The first-order chi connectivity index (χ1) is 15.6. The molecule has 0 saturated carbocycles.